The highest BCUT2D eigenvalue weighted by Crippen LogP contribution is 2.30. The van der Waals surface area contributed by atoms with Gasteiger partial charge in [-0.3, -0.25) is 0 Å². The van der Waals surface area contributed by atoms with Crippen LogP contribution in [0.2, 0.25) is 0 Å². The standard InChI is InChI=1S/C17H18INO2/c18-14-8-4-5-9-15(14)21-17(13-6-2-1-3-7-13)16-12-19-10-11-20-16/h1-9,16-17,19H,10-12H2/t16-,17+/m1/s1/i18-4. The molecule has 0 aromatic heterocycles. The monoisotopic (exact) mass is 391 g/mol. The van der Waals surface area contributed by atoms with Crippen molar-refractivity contribution in [1.82, 2.24) is 5.32 Å². The van der Waals surface area contributed by atoms with Crippen LogP contribution in [-0.2, 0) is 4.74 Å². The molecule has 2 aromatic carbocycles. The second-order valence-corrected chi connectivity index (χ2v) is 6.16. The van der Waals surface area contributed by atoms with Crippen molar-refractivity contribution in [2.75, 3.05) is 19.7 Å². The molecule has 1 N–H and O–H groups in total. The summed E-state index contributed by atoms with van der Waals surface area (Å²) in [5, 5.41) is 3.38. The van der Waals surface area contributed by atoms with Crippen LogP contribution >= 0.6 is 22.6 Å². The molecule has 1 aliphatic rings. The van der Waals surface area contributed by atoms with Crippen LogP contribution in [0.15, 0.2) is 54.6 Å². The van der Waals surface area contributed by atoms with E-state index in [0.29, 0.717) is 0 Å². The van der Waals surface area contributed by atoms with E-state index in [0.717, 1.165) is 34.6 Å². The van der Waals surface area contributed by atoms with Gasteiger partial charge in [0.2, 0.25) is 0 Å². The second-order valence-electron chi connectivity index (χ2n) is 4.99. The van der Waals surface area contributed by atoms with Crippen LogP contribution in [0.5, 0.6) is 5.75 Å². The van der Waals surface area contributed by atoms with Gasteiger partial charge in [-0.05, 0) is 40.3 Å². The van der Waals surface area contributed by atoms with Crippen LogP contribution in [0, 0.1) is 3.57 Å². The molecule has 0 aliphatic carbocycles. The van der Waals surface area contributed by atoms with E-state index in [1.54, 1.807) is 0 Å². The Kier molecular flexibility index (Phi) is 5.11. The molecule has 110 valence electrons. The summed E-state index contributed by atoms with van der Waals surface area (Å²) in [4.78, 5) is 0. The lowest BCUT2D eigenvalue weighted by atomic mass is 10.0. The number of halogens is 1. The first-order valence-corrected chi connectivity index (χ1v) is 8.21. The summed E-state index contributed by atoms with van der Waals surface area (Å²) in [6.45, 7) is 2.44. The van der Waals surface area contributed by atoms with Crippen LogP contribution < -0.4 is 10.1 Å². The Morgan fingerprint density at radius 1 is 1.10 bits per heavy atom. The van der Waals surface area contributed by atoms with E-state index in [1.165, 1.54) is 0 Å². The first-order valence-electron chi connectivity index (χ1n) is 7.13. The van der Waals surface area contributed by atoms with Gasteiger partial charge in [0.05, 0.1) is 10.2 Å². The molecular formula is C17H18INO2. The van der Waals surface area contributed by atoms with E-state index in [-0.39, 0.29) is 12.2 Å². The minimum absolute atomic E-state index is 0.0251. The number of ether oxygens (including phenoxy) is 2. The third-order valence-corrected chi connectivity index (χ3v) is 4.40. The van der Waals surface area contributed by atoms with E-state index in [1.807, 2.05) is 36.4 Å². The molecule has 2 atom stereocenters. The highest BCUT2D eigenvalue weighted by Gasteiger charge is 2.28. The quantitative estimate of drug-likeness (QED) is 0.811. The first-order chi connectivity index (χ1) is 10.3. The number of nitrogens with one attached hydrogen (secondary N) is 1. The van der Waals surface area contributed by atoms with E-state index in [4.69, 9.17) is 9.47 Å². The smallest absolute Gasteiger partial charge is 0.151 e. The fourth-order valence-corrected chi connectivity index (χ4v) is 2.97. The first kappa shape index (κ1) is 14.8. The van der Waals surface area contributed by atoms with Gasteiger partial charge in [-0.15, -0.1) is 0 Å². The summed E-state index contributed by atoms with van der Waals surface area (Å²) in [6, 6.07) is 18.4. The van der Waals surface area contributed by atoms with Crippen molar-refractivity contribution in [3.05, 3.63) is 63.7 Å². The minimum Gasteiger partial charge on any atom is -0.482 e. The van der Waals surface area contributed by atoms with Gasteiger partial charge >= 0.3 is 0 Å². The number of benzene rings is 2. The highest BCUT2D eigenvalue weighted by atomic mass is 123. The van der Waals surface area contributed by atoms with Crippen LogP contribution in [0.25, 0.3) is 0 Å². The number of rotatable bonds is 4. The maximum Gasteiger partial charge on any atom is 0.151 e. The Hall–Kier alpha value is -1.11. The molecule has 3 rings (SSSR count). The Labute approximate surface area is 138 Å². The molecule has 0 amide bonds. The van der Waals surface area contributed by atoms with Gasteiger partial charge in [-0.1, -0.05) is 42.5 Å². The van der Waals surface area contributed by atoms with Gasteiger partial charge in [-0.25, -0.2) is 0 Å². The van der Waals surface area contributed by atoms with Crippen molar-refractivity contribution < 1.29 is 9.47 Å². The number of para-hydroxylation sites is 1. The number of hydrogen-bond donors (Lipinski definition) is 1. The SMILES string of the molecule is [123I]c1ccccc1O[C@@H](c1ccccc1)[C@H]1CNCCO1. The topological polar surface area (TPSA) is 30.5 Å². The lowest BCUT2D eigenvalue weighted by Crippen LogP contribution is -2.43. The molecule has 0 radical (unpaired) electrons. The molecule has 21 heavy (non-hydrogen) atoms. The van der Waals surface area contributed by atoms with Gasteiger partial charge in [0.15, 0.2) is 6.10 Å². The highest BCUT2D eigenvalue weighted by molar-refractivity contribution is 14.1. The number of morpholine rings is 1. The molecule has 4 heteroatoms. The van der Waals surface area contributed by atoms with E-state index >= 15 is 0 Å². The van der Waals surface area contributed by atoms with Crippen LogP contribution in [-0.4, -0.2) is 25.8 Å². The largest absolute Gasteiger partial charge is 0.482 e. The zero-order valence-corrected chi connectivity index (χ0v) is 13.8. The van der Waals surface area contributed by atoms with Crippen molar-refractivity contribution >= 4 is 22.6 Å². The van der Waals surface area contributed by atoms with E-state index in [9.17, 15) is 0 Å². The summed E-state index contributed by atoms with van der Waals surface area (Å²) in [7, 11) is 0. The third-order valence-electron chi connectivity index (χ3n) is 3.51. The Balaban J connectivity index is 1.87. The molecule has 1 saturated heterocycles. The summed E-state index contributed by atoms with van der Waals surface area (Å²) in [6.07, 6.45) is -0.0768. The molecule has 2 aromatic rings. The van der Waals surface area contributed by atoms with Crippen molar-refractivity contribution in [1.29, 1.82) is 0 Å². The van der Waals surface area contributed by atoms with Crippen molar-refractivity contribution in [3.8, 4) is 5.75 Å². The van der Waals surface area contributed by atoms with E-state index in [2.05, 4.69) is 46.1 Å². The van der Waals surface area contributed by atoms with Gasteiger partial charge in [0.1, 0.15) is 11.9 Å². The van der Waals surface area contributed by atoms with Gasteiger partial charge in [0, 0.05) is 13.1 Å². The average molecular weight is 391 g/mol. The zero-order valence-electron chi connectivity index (χ0n) is 11.7. The van der Waals surface area contributed by atoms with Gasteiger partial charge in [-0.2, -0.15) is 0 Å². The zero-order chi connectivity index (χ0) is 14.5. The Bertz CT molecular complexity index is 570. The van der Waals surface area contributed by atoms with Crippen molar-refractivity contribution in [3.63, 3.8) is 0 Å². The Morgan fingerprint density at radius 2 is 1.86 bits per heavy atom. The van der Waals surface area contributed by atoms with Gasteiger partial charge in [0.25, 0.3) is 0 Å². The van der Waals surface area contributed by atoms with Gasteiger partial charge < -0.3 is 14.8 Å². The number of hydrogen-bond acceptors (Lipinski definition) is 3. The fourth-order valence-electron chi connectivity index (χ4n) is 2.46. The lowest BCUT2D eigenvalue weighted by Gasteiger charge is -2.31. The van der Waals surface area contributed by atoms with Crippen molar-refractivity contribution in [2.24, 2.45) is 0 Å². The van der Waals surface area contributed by atoms with Crippen LogP contribution in [0.1, 0.15) is 11.7 Å². The van der Waals surface area contributed by atoms with Crippen LogP contribution in [0.4, 0.5) is 0 Å². The molecule has 1 fully saturated rings. The van der Waals surface area contributed by atoms with E-state index < -0.39 is 0 Å². The lowest BCUT2D eigenvalue weighted by molar-refractivity contribution is -0.0435. The molecule has 3 nitrogen and oxygen atoms in total. The summed E-state index contributed by atoms with van der Waals surface area (Å²) in [5.74, 6) is 0.904. The van der Waals surface area contributed by atoms with Crippen molar-refractivity contribution in [2.45, 2.75) is 12.2 Å². The molecule has 1 aliphatic heterocycles. The summed E-state index contributed by atoms with van der Waals surface area (Å²) >= 11 is 2.30. The van der Waals surface area contributed by atoms with Crippen LogP contribution in [0.3, 0.4) is 0 Å². The molecule has 0 saturated carbocycles. The third kappa shape index (κ3) is 3.75. The maximum absolute atomic E-state index is 6.30. The molecule has 1 heterocycles. The maximum atomic E-state index is 6.30. The summed E-state index contributed by atoms with van der Waals surface area (Å²) < 4.78 is 13.3. The molecule has 0 spiro atoms. The normalized spacial score (nSPS) is 20.0. The molecule has 0 unspecified atom stereocenters. The summed E-state index contributed by atoms with van der Waals surface area (Å²) in [5.41, 5.74) is 1.14. The molecular weight excluding hydrogens is 373 g/mol. The fraction of sp³-hybridized carbons (Fsp3) is 0.294. The minimum atomic E-state index is -0.102. The molecule has 0 bridgehead atoms. The Morgan fingerprint density at radius 3 is 2.57 bits per heavy atom. The predicted octanol–water partition coefficient (Wildman–Crippen LogP) is 3.40. The second kappa shape index (κ2) is 7.24. The average Bonchev–Trinajstić information content (AvgIpc) is 2.56. The predicted molar refractivity (Wildman–Crippen MR) is 91.6 cm³/mol.